The summed E-state index contributed by atoms with van der Waals surface area (Å²) in [7, 11) is 0. The molecular weight excluding hydrogens is 240 g/mol. The highest BCUT2D eigenvalue weighted by molar-refractivity contribution is 5.41. The lowest BCUT2D eigenvalue weighted by atomic mass is 10.2. The van der Waals surface area contributed by atoms with Crippen LogP contribution in [0.25, 0.3) is 0 Å². The number of pyridine rings is 1. The van der Waals surface area contributed by atoms with Gasteiger partial charge in [0.15, 0.2) is 17.5 Å². The number of aromatic nitrogens is 1. The second kappa shape index (κ2) is 4.97. The van der Waals surface area contributed by atoms with Crippen LogP contribution in [-0.4, -0.2) is 4.98 Å². The third-order valence-corrected chi connectivity index (χ3v) is 2.33. The first kappa shape index (κ1) is 12.3. The molecule has 0 atom stereocenters. The lowest BCUT2D eigenvalue weighted by molar-refractivity contribution is 0.415. The molecule has 0 saturated carbocycles. The van der Waals surface area contributed by atoms with E-state index in [-0.39, 0.29) is 11.7 Å². The van der Waals surface area contributed by atoms with Gasteiger partial charge in [-0.05, 0) is 18.6 Å². The Morgan fingerprint density at radius 3 is 2.61 bits per heavy atom. The molecule has 0 bridgehead atoms. The summed E-state index contributed by atoms with van der Waals surface area (Å²) >= 11 is 0. The van der Waals surface area contributed by atoms with Crippen LogP contribution in [0.4, 0.5) is 14.6 Å². The fraction of sp³-hybridized carbons (Fsp3) is 0.0833. The van der Waals surface area contributed by atoms with E-state index in [0.717, 1.165) is 5.56 Å². The summed E-state index contributed by atoms with van der Waals surface area (Å²) in [6, 6.07) is 7.69. The number of aryl methyl sites for hydroxylation is 1. The van der Waals surface area contributed by atoms with E-state index in [2.05, 4.69) is 4.98 Å². The van der Waals surface area contributed by atoms with Gasteiger partial charge < -0.3 is 10.2 Å². The van der Waals surface area contributed by atoms with Crippen LogP contribution in [0.2, 0.25) is 0 Å². The smallest absolute Gasteiger partial charge is 0.258 e. The number of nitrogens with zero attached hydrogens (tertiary/aromatic N) is 1. The molecule has 18 heavy (non-hydrogen) atoms. The number of ether oxygens (including phenoxy) is 1. The molecule has 0 aliphatic heterocycles. The monoisotopic (exact) mass is 251 g/mol. The predicted molar refractivity (Wildman–Crippen MR) is 63.2 cm³/mol. The van der Waals surface area contributed by atoms with Gasteiger partial charge in [0.2, 0.25) is 0 Å². The molecule has 2 aromatic rings. The minimum absolute atomic E-state index is 0.278. The molecule has 1 heterocycles. The maximum absolute atomic E-state index is 13.5. The molecule has 0 fully saturated rings. The summed E-state index contributed by atoms with van der Waals surface area (Å²) < 4.78 is 31.9. The number of hydrogen-bond donors (Lipinski definition) is 2. The number of hydrogen-bond acceptors (Lipinski definition) is 4. The number of nitrogens with two attached hydrogens (primary N) is 1. The standard InChI is InChI=1S/C12H11F2N3O/c1-7-4-2-3-5-10(7)18-12-9(14)6-8(13)11(16-12)17-15/h2-6H,15H2,1H3,(H,16,17). The minimum Gasteiger partial charge on any atom is -0.436 e. The van der Waals surface area contributed by atoms with Gasteiger partial charge in [-0.2, -0.15) is 4.98 Å². The Kier molecular flexibility index (Phi) is 3.38. The van der Waals surface area contributed by atoms with Crippen molar-refractivity contribution < 1.29 is 13.5 Å². The molecule has 0 amide bonds. The van der Waals surface area contributed by atoms with E-state index in [1.807, 2.05) is 11.5 Å². The highest BCUT2D eigenvalue weighted by Gasteiger charge is 2.13. The van der Waals surface area contributed by atoms with Gasteiger partial charge in [0.1, 0.15) is 5.75 Å². The number of benzene rings is 1. The highest BCUT2D eigenvalue weighted by Crippen LogP contribution is 2.27. The Hall–Kier alpha value is -2.21. The molecule has 0 radical (unpaired) electrons. The van der Waals surface area contributed by atoms with Crippen LogP contribution in [0.1, 0.15) is 5.56 Å². The lowest BCUT2D eigenvalue weighted by Crippen LogP contribution is -2.11. The van der Waals surface area contributed by atoms with Crippen molar-refractivity contribution in [3.8, 4) is 11.6 Å². The van der Waals surface area contributed by atoms with Crippen molar-refractivity contribution >= 4 is 5.82 Å². The number of rotatable bonds is 3. The third-order valence-electron chi connectivity index (χ3n) is 2.33. The zero-order valence-corrected chi connectivity index (χ0v) is 9.58. The van der Waals surface area contributed by atoms with E-state index >= 15 is 0 Å². The van der Waals surface area contributed by atoms with Crippen molar-refractivity contribution in [2.24, 2.45) is 5.84 Å². The number of anilines is 1. The average Bonchev–Trinajstić information content (AvgIpc) is 2.35. The first-order valence-electron chi connectivity index (χ1n) is 5.18. The Balaban J connectivity index is 2.38. The molecule has 3 N–H and O–H groups in total. The Morgan fingerprint density at radius 1 is 1.22 bits per heavy atom. The number of hydrazine groups is 1. The maximum atomic E-state index is 13.5. The van der Waals surface area contributed by atoms with Gasteiger partial charge in [0.05, 0.1) is 0 Å². The summed E-state index contributed by atoms with van der Waals surface area (Å²) in [6.07, 6.45) is 0. The van der Waals surface area contributed by atoms with Gasteiger partial charge in [0.25, 0.3) is 5.88 Å². The quantitative estimate of drug-likeness (QED) is 0.650. The SMILES string of the molecule is Cc1ccccc1Oc1nc(NN)c(F)cc1F. The second-order valence-corrected chi connectivity index (χ2v) is 3.62. The molecule has 0 unspecified atom stereocenters. The maximum Gasteiger partial charge on any atom is 0.258 e. The predicted octanol–water partition coefficient (Wildman–Crippen LogP) is 2.75. The summed E-state index contributed by atoms with van der Waals surface area (Å²) in [6.45, 7) is 1.80. The normalized spacial score (nSPS) is 10.2. The minimum atomic E-state index is -0.894. The van der Waals surface area contributed by atoms with Gasteiger partial charge >= 0.3 is 0 Å². The van der Waals surface area contributed by atoms with Crippen molar-refractivity contribution in [1.29, 1.82) is 0 Å². The molecule has 0 aliphatic rings. The van der Waals surface area contributed by atoms with Crippen LogP contribution < -0.4 is 16.0 Å². The topological polar surface area (TPSA) is 60.2 Å². The van der Waals surface area contributed by atoms with Crippen molar-refractivity contribution in [2.45, 2.75) is 6.92 Å². The van der Waals surface area contributed by atoms with E-state index in [1.165, 1.54) is 0 Å². The number of nitrogens with one attached hydrogen (secondary N) is 1. The van der Waals surface area contributed by atoms with E-state index in [9.17, 15) is 8.78 Å². The van der Waals surface area contributed by atoms with E-state index in [4.69, 9.17) is 10.6 Å². The van der Waals surface area contributed by atoms with Crippen LogP contribution >= 0.6 is 0 Å². The Labute approximate surface area is 102 Å². The molecule has 1 aromatic heterocycles. The lowest BCUT2D eigenvalue weighted by Gasteiger charge is -2.10. The first-order valence-corrected chi connectivity index (χ1v) is 5.18. The summed E-state index contributed by atoms with van der Waals surface area (Å²) in [4.78, 5) is 3.62. The van der Waals surface area contributed by atoms with Crippen LogP contribution in [0.15, 0.2) is 30.3 Å². The van der Waals surface area contributed by atoms with Gasteiger partial charge in [-0.1, -0.05) is 18.2 Å². The molecule has 6 heteroatoms. The second-order valence-electron chi connectivity index (χ2n) is 3.62. The van der Waals surface area contributed by atoms with Gasteiger partial charge in [-0.25, -0.2) is 14.6 Å². The van der Waals surface area contributed by atoms with Crippen LogP contribution in [0.5, 0.6) is 11.6 Å². The van der Waals surface area contributed by atoms with Crippen molar-refractivity contribution in [3.05, 3.63) is 47.5 Å². The van der Waals surface area contributed by atoms with Crippen LogP contribution in [-0.2, 0) is 0 Å². The van der Waals surface area contributed by atoms with E-state index in [1.54, 1.807) is 25.1 Å². The molecule has 0 saturated heterocycles. The molecule has 0 spiro atoms. The van der Waals surface area contributed by atoms with Crippen LogP contribution in [0, 0.1) is 18.6 Å². The van der Waals surface area contributed by atoms with Crippen molar-refractivity contribution in [3.63, 3.8) is 0 Å². The Bertz CT molecular complexity index is 575. The molecular formula is C12H11F2N3O. The Morgan fingerprint density at radius 2 is 1.94 bits per heavy atom. The van der Waals surface area contributed by atoms with E-state index < -0.39 is 11.6 Å². The molecule has 0 aliphatic carbocycles. The fourth-order valence-corrected chi connectivity index (χ4v) is 1.40. The largest absolute Gasteiger partial charge is 0.436 e. The average molecular weight is 251 g/mol. The summed E-state index contributed by atoms with van der Waals surface area (Å²) in [5.74, 6) is 3.12. The van der Waals surface area contributed by atoms with Gasteiger partial charge in [0, 0.05) is 6.07 Å². The molecule has 1 aromatic carbocycles. The fourth-order valence-electron chi connectivity index (χ4n) is 1.40. The zero-order valence-electron chi connectivity index (χ0n) is 9.58. The van der Waals surface area contributed by atoms with E-state index in [0.29, 0.717) is 11.8 Å². The van der Waals surface area contributed by atoms with Crippen molar-refractivity contribution in [1.82, 2.24) is 4.98 Å². The molecule has 94 valence electrons. The number of nitrogen functional groups attached to an aromatic ring is 1. The number of para-hydroxylation sites is 1. The zero-order chi connectivity index (χ0) is 13.1. The summed E-state index contributed by atoms with van der Waals surface area (Å²) in [5.41, 5.74) is 2.84. The molecule has 2 rings (SSSR count). The molecule has 4 nitrogen and oxygen atoms in total. The first-order chi connectivity index (χ1) is 8.61. The van der Waals surface area contributed by atoms with Crippen molar-refractivity contribution in [2.75, 3.05) is 5.43 Å². The number of halogens is 2. The van der Waals surface area contributed by atoms with Gasteiger partial charge in [-0.3, -0.25) is 0 Å². The third kappa shape index (κ3) is 2.38. The highest BCUT2D eigenvalue weighted by atomic mass is 19.1. The van der Waals surface area contributed by atoms with Gasteiger partial charge in [-0.15, -0.1) is 0 Å². The van der Waals surface area contributed by atoms with Crippen LogP contribution in [0.3, 0.4) is 0 Å². The summed E-state index contributed by atoms with van der Waals surface area (Å²) in [5, 5.41) is 0.